The van der Waals surface area contributed by atoms with Crippen molar-refractivity contribution in [3.05, 3.63) is 76.6 Å². The number of nitrogens with one attached hydrogen (secondary N) is 1. The molecule has 4 aromatic rings. The number of fused-ring (bicyclic) bond motifs is 1. The second-order valence-corrected chi connectivity index (χ2v) is 7.31. The van der Waals surface area contributed by atoms with E-state index in [1.807, 2.05) is 76.2 Å². The van der Waals surface area contributed by atoms with Crippen LogP contribution in [0.2, 0.25) is 0 Å². The maximum Gasteiger partial charge on any atom is 0.253 e. The predicted molar refractivity (Wildman–Crippen MR) is 114 cm³/mol. The molecular weight excluding hydrogens is 362 g/mol. The van der Waals surface area contributed by atoms with E-state index in [1.165, 1.54) is 5.56 Å². The molecule has 29 heavy (non-hydrogen) atoms. The van der Waals surface area contributed by atoms with E-state index in [1.54, 1.807) is 4.52 Å². The van der Waals surface area contributed by atoms with E-state index in [-0.39, 0.29) is 12.3 Å². The second-order valence-electron chi connectivity index (χ2n) is 7.31. The van der Waals surface area contributed by atoms with E-state index in [0.29, 0.717) is 11.6 Å². The number of carbonyl (C=O) groups is 1. The number of hydrogen-bond acceptors (Lipinski definition) is 4. The molecule has 0 saturated carbocycles. The van der Waals surface area contributed by atoms with Crippen molar-refractivity contribution in [2.75, 3.05) is 5.32 Å². The standard InChI is InChI=1S/C23H23N5O/c1-14-9-11-18(12-10-14)22-26-23-24-16(3)19(17(4)28(23)27-22)13-21(29)25-20-8-6-5-7-15(20)2/h5-12H,13H2,1-4H3,(H,25,29). The van der Waals surface area contributed by atoms with Gasteiger partial charge in [-0.1, -0.05) is 48.0 Å². The van der Waals surface area contributed by atoms with Gasteiger partial charge in [0.15, 0.2) is 5.82 Å². The van der Waals surface area contributed by atoms with Gasteiger partial charge in [0.25, 0.3) is 5.78 Å². The Labute approximate surface area is 169 Å². The maximum atomic E-state index is 12.6. The summed E-state index contributed by atoms with van der Waals surface area (Å²) in [4.78, 5) is 21.8. The van der Waals surface area contributed by atoms with Crippen molar-refractivity contribution in [1.82, 2.24) is 19.6 Å². The highest BCUT2D eigenvalue weighted by Gasteiger charge is 2.17. The lowest BCUT2D eigenvalue weighted by Crippen LogP contribution is -2.18. The van der Waals surface area contributed by atoms with Crippen LogP contribution in [-0.2, 0) is 11.2 Å². The first-order valence-electron chi connectivity index (χ1n) is 9.58. The van der Waals surface area contributed by atoms with Gasteiger partial charge < -0.3 is 5.32 Å². The zero-order valence-corrected chi connectivity index (χ0v) is 17.0. The third kappa shape index (κ3) is 3.74. The van der Waals surface area contributed by atoms with Gasteiger partial charge in [-0.3, -0.25) is 4.79 Å². The van der Waals surface area contributed by atoms with Crippen LogP contribution in [-0.4, -0.2) is 25.5 Å². The molecule has 2 aromatic heterocycles. The summed E-state index contributed by atoms with van der Waals surface area (Å²) in [5.41, 5.74) is 6.51. The Hall–Kier alpha value is -3.54. The molecule has 2 heterocycles. The van der Waals surface area contributed by atoms with E-state index in [9.17, 15) is 4.79 Å². The third-order valence-electron chi connectivity index (χ3n) is 5.12. The van der Waals surface area contributed by atoms with Crippen molar-refractivity contribution in [2.45, 2.75) is 34.1 Å². The van der Waals surface area contributed by atoms with E-state index < -0.39 is 0 Å². The first-order chi connectivity index (χ1) is 13.9. The molecule has 0 bridgehead atoms. The number of amides is 1. The summed E-state index contributed by atoms with van der Waals surface area (Å²) in [7, 11) is 0. The van der Waals surface area contributed by atoms with Gasteiger partial charge in [-0.2, -0.15) is 4.98 Å². The molecule has 0 fully saturated rings. The number of anilines is 1. The smallest absolute Gasteiger partial charge is 0.253 e. The fourth-order valence-electron chi connectivity index (χ4n) is 3.36. The maximum absolute atomic E-state index is 12.6. The minimum atomic E-state index is -0.0782. The highest BCUT2D eigenvalue weighted by molar-refractivity contribution is 5.93. The number of benzene rings is 2. The highest BCUT2D eigenvalue weighted by atomic mass is 16.1. The van der Waals surface area contributed by atoms with Crippen LogP contribution in [0.1, 0.15) is 28.1 Å². The molecule has 6 heteroatoms. The number of para-hydroxylation sites is 1. The Morgan fingerprint density at radius 1 is 0.966 bits per heavy atom. The molecule has 0 unspecified atom stereocenters. The SMILES string of the molecule is Cc1ccc(-c2nc3nc(C)c(CC(=O)Nc4ccccc4C)c(C)n3n2)cc1. The molecule has 1 amide bonds. The number of aryl methyl sites for hydroxylation is 4. The minimum Gasteiger partial charge on any atom is -0.326 e. The molecule has 0 aliphatic heterocycles. The molecule has 0 aliphatic rings. The number of rotatable bonds is 4. The zero-order valence-electron chi connectivity index (χ0n) is 17.0. The average Bonchev–Trinajstić information content (AvgIpc) is 3.11. The van der Waals surface area contributed by atoms with Crippen LogP contribution in [0.25, 0.3) is 17.2 Å². The van der Waals surface area contributed by atoms with Gasteiger partial charge in [0, 0.05) is 28.2 Å². The Bertz CT molecular complexity index is 1210. The number of nitrogens with zero attached hydrogens (tertiary/aromatic N) is 4. The van der Waals surface area contributed by atoms with Crippen molar-refractivity contribution < 1.29 is 4.79 Å². The van der Waals surface area contributed by atoms with E-state index in [4.69, 9.17) is 0 Å². The topological polar surface area (TPSA) is 72.2 Å². The summed E-state index contributed by atoms with van der Waals surface area (Å²) in [6.45, 7) is 7.88. The lowest BCUT2D eigenvalue weighted by Gasteiger charge is -2.12. The molecule has 1 N–H and O–H groups in total. The van der Waals surface area contributed by atoms with Crippen LogP contribution in [0.4, 0.5) is 5.69 Å². The highest BCUT2D eigenvalue weighted by Crippen LogP contribution is 2.21. The van der Waals surface area contributed by atoms with E-state index in [2.05, 4.69) is 20.4 Å². The molecule has 2 aromatic carbocycles. The molecule has 146 valence electrons. The van der Waals surface area contributed by atoms with Crippen LogP contribution >= 0.6 is 0 Å². The molecule has 0 aliphatic carbocycles. The summed E-state index contributed by atoms with van der Waals surface area (Å²) >= 11 is 0. The predicted octanol–water partition coefficient (Wildman–Crippen LogP) is 4.21. The van der Waals surface area contributed by atoms with Crippen LogP contribution in [0, 0.1) is 27.7 Å². The van der Waals surface area contributed by atoms with Crippen molar-refractivity contribution in [3.63, 3.8) is 0 Å². The van der Waals surface area contributed by atoms with Gasteiger partial charge >= 0.3 is 0 Å². The Kier molecular flexibility index (Phi) is 4.84. The summed E-state index contributed by atoms with van der Waals surface area (Å²) in [6, 6.07) is 15.8. The first kappa shape index (κ1) is 18.8. The van der Waals surface area contributed by atoms with Crippen LogP contribution in [0.15, 0.2) is 48.5 Å². The van der Waals surface area contributed by atoms with Gasteiger partial charge in [0.05, 0.1) is 6.42 Å². The van der Waals surface area contributed by atoms with E-state index in [0.717, 1.165) is 33.8 Å². The van der Waals surface area contributed by atoms with Gasteiger partial charge in [0.2, 0.25) is 5.91 Å². The fraction of sp³-hybridized carbons (Fsp3) is 0.217. The lowest BCUT2D eigenvalue weighted by atomic mass is 10.1. The summed E-state index contributed by atoms with van der Waals surface area (Å²) < 4.78 is 1.72. The lowest BCUT2D eigenvalue weighted by molar-refractivity contribution is -0.115. The molecule has 0 saturated heterocycles. The van der Waals surface area contributed by atoms with Gasteiger partial charge in [-0.25, -0.2) is 9.50 Å². The monoisotopic (exact) mass is 385 g/mol. The molecule has 4 rings (SSSR count). The Morgan fingerprint density at radius 3 is 2.41 bits per heavy atom. The van der Waals surface area contributed by atoms with Crippen LogP contribution in [0.5, 0.6) is 0 Å². The largest absolute Gasteiger partial charge is 0.326 e. The second kappa shape index (κ2) is 7.47. The number of aromatic nitrogens is 4. The van der Waals surface area contributed by atoms with Gasteiger partial charge in [0.1, 0.15) is 0 Å². The summed E-state index contributed by atoms with van der Waals surface area (Å²) in [6.07, 6.45) is 0.231. The van der Waals surface area contributed by atoms with Crippen molar-refractivity contribution in [3.8, 4) is 11.4 Å². The summed E-state index contributed by atoms with van der Waals surface area (Å²) in [5, 5.41) is 7.62. The molecule has 0 atom stereocenters. The van der Waals surface area contributed by atoms with Crippen molar-refractivity contribution >= 4 is 17.4 Å². The summed E-state index contributed by atoms with van der Waals surface area (Å²) in [5.74, 6) is 1.09. The molecule has 0 radical (unpaired) electrons. The number of carbonyl (C=O) groups excluding carboxylic acids is 1. The van der Waals surface area contributed by atoms with Crippen LogP contribution < -0.4 is 5.32 Å². The normalized spacial score (nSPS) is 11.0. The van der Waals surface area contributed by atoms with Crippen molar-refractivity contribution in [1.29, 1.82) is 0 Å². The molecule has 0 spiro atoms. The van der Waals surface area contributed by atoms with Crippen LogP contribution in [0.3, 0.4) is 0 Å². The quantitative estimate of drug-likeness (QED) is 0.571. The van der Waals surface area contributed by atoms with Gasteiger partial charge in [-0.15, -0.1) is 5.10 Å². The Balaban J connectivity index is 1.65. The first-order valence-corrected chi connectivity index (χ1v) is 9.58. The Morgan fingerprint density at radius 2 is 1.69 bits per heavy atom. The molecule has 6 nitrogen and oxygen atoms in total. The average molecular weight is 385 g/mol. The van der Waals surface area contributed by atoms with E-state index >= 15 is 0 Å². The minimum absolute atomic E-state index is 0.0782. The fourth-order valence-corrected chi connectivity index (χ4v) is 3.36. The van der Waals surface area contributed by atoms with Gasteiger partial charge in [-0.05, 0) is 39.3 Å². The third-order valence-corrected chi connectivity index (χ3v) is 5.12. The number of hydrogen-bond donors (Lipinski definition) is 1. The van der Waals surface area contributed by atoms with Crippen molar-refractivity contribution in [2.24, 2.45) is 0 Å². The molecular formula is C23H23N5O. The zero-order chi connectivity index (χ0) is 20.5.